The van der Waals surface area contributed by atoms with Gasteiger partial charge in [-0.1, -0.05) is 29.3 Å². The van der Waals surface area contributed by atoms with Crippen LogP contribution in [0.4, 0.5) is 4.39 Å². The largest absolute Gasteiger partial charge is 0.256 e. The molecule has 118 valence electrons. The Morgan fingerprint density at radius 2 is 1.54 bits per heavy atom. The van der Waals surface area contributed by atoms with Crippen LogP contribution in [0.25, 0.3) is 31.8 Å². The van der Waals surface area contributed by atoms with Gasteiger partial charge in [-0.3, -0.25) is 4.98 Å². The molecular formula is C21H16FNS. The lowest BCUT2D eigenvalue weighted by Gasteiger charge is -2.04. The Kier molecular flexibility index (Phi) is 3.66. The second-order valence-electron chi connectivity index (χ2n) is 6.10. The molecule has 0 spiro atoms. The minimum atomic E-state index is -0.210. The highest BCUT2D eigenvalue weighted by Crippen LogP contribution is 2.35. The first kappa shape index (κ1) is 15.0. The van der Waals surface area contributed by atoms with Crippen molar-refractivity contribution in [2.45, 2.75) is 13.8 Å². The second-order valence-corrected chi connectivity index (χ2v) is 7.19. The molecule has 0 aliphatic heterocycles. The van der Waals surface area contributed by atoms with E-state index in [1.54, 1.807) is 11.3 Å². The van der Waals surface area contributed by atoms with E-state index in [9.17, 15) is 4.39 Å². The van der Waals surface area contributed by atoms with E-state index in [0.29, 0.717) is 0 Å². The van der Waals surface area contributed by atoms with Crippen molar-refractivity contribution in [1.29, 1.82) is 0 Å². The Morgan fingerprint density at radius 3 is 2.25 bits per heavy atom. The molecule has 0 saturated heterocycles. The van der Waals surface area contributed by atoms with Crippen molar-refractivity contribution < 1.29 is 4.39 Å². The van der Waals surface area contributed by atoms with Gasteiger partial charge in [-0.25, -0.2) is 4.39 Å². The first-order chi connectivity index (χ1) is 11.6. The number of nitrogens with zero attached hydrogens (tertiary/aromatic N) is 1. The van der Waals surface area contributed by atoms with Crippen LogP contribution < -0.4 is 0 Å². The van der Waals surface area contributed by atoms with Gasteiger partial charge in [0.2, 0.25) is 0 Å². The van der Waals surface area contributed by atoms with Crippen LogP contribution in [0.1, 0.15) is 11.1 Å². The SMILES string of the molecule is Cc1cc(C)cc(-c2cc3sc(-c4ccc(F)cc4)cc3cn2)c1. The third kappa shape index (κ3) is 2.83. The summed E-state index contributed by atoms with van der Waals surface area (Å²) in [6, 6.07) is 17.4. The number of halogens is 1. The van der Waals surface area contributed by atoms with Crippen LogP contribution in [0.2, 0.25) is 0 Å². The lowest BCUT2D eigenvalue weighted by Crippen LogP contribution is -1.85. The topological polar surface area (TPSA) is 12.9 Å². The molecule has 0 unspecified atom stereocenters. The monoisotopic (exact) mass is 333 g/mol. The van der Waals surface area contributed by atoms with Crippen LogP contribution in [-0.2, 0) is 0 Å². The standard InChI is InChI=1S/C21H16FNS/c1-13-7-14(2)9-16(8-13)19-11-21-17(12-23-19)10-20(24-21)15-3-5-18(22)6-4-15/h3-12H,1-2H3. The molecule has 0 aliphatic carbocycles. The molecule has 2 aromatic heterocycles. The van der Waals surface area contributed by atoms with Crippen molar-refractivity contribution in [3.05, 3.63) is 77.7 Å². The zero-order valence-electron chi connectivity index (χ0n) is 13.5. The fourth-order valence-electron chi connectivity index (χ4n) is 2.97. The van der Waals surface area contributed by atoms with Gasteiger partial charge in [0.05, 0.1) is 5.69 Å². The first-order valence-corrected chi connectivity index (χ1v) is 8.64. The molecular weight excluding hydrogens is 317 g/mol. The van der Waals surface area contributed by atoms with E-state index in [1.165, 1.54) is 28.0 Å². The predicted octanol–water partition coefficient (Wildman–Crippen LogP) is 6.39. The van der Waals surface area contributed by atoms with Gasteiger partial charge in [-0.15, -0.1) is 11.3 Å². The predicted molar refractivity (Wildman–Crippen MR) is 99.9 cm³/mol. The molecule has 24 heavy (non-hydrogen) atoms. The van der Waals surface area contributed by atoms with E-state index in [2.05, 4.69) is 49.2 Å². The minimum Gasteiger partial charge on any atom is -0.256 e. The van der Waals surface area contributed by atoms with Gasteiger partial charge >= 0.3 is 0 Å². The average molecular weight is 333 g/mol. The number of thiophene rings is 1. The number of pyridine rings is 1. The molecule has 4 rings (SSSR count). The summed E-state index contributed by atoms with van der Waals surface area (Å²) >= 11 is 1.71. The van der Waals surface area contributed by atoms with Crippen molar-refractivity contribution in [3.8, 4) is 21.7 Å². The number of benzene rings is 2. The van der Waals surface area contributed by atoms with Gasteiger partial charge in [0.25, 0.3) is 0 Å². The zero-order chi connectivity index (χ0) is 16.7. The molecule has 0 radical (unpaired) electrons. The summed E-state index contributed by atoms with van der Waals surface area (Å²) in [4.78, 5) is 5.76. The van der Waals surface area contributed by atoms with Crippen molar-refractivity contribution in [1.82, 2.24) is 4.98 Å². The van der Waals surface area contributed by atoms with E-state index < -0.39 is 0 Å². The van der Waals surface area contributed by atoms with Gasteiger partial charge in [0.15, 0.2) is 0 Å². The van der Waals surface area contributed by atoms with E-state index >= 15 is 0 Å². The van der Waals surface area contributed by atoms with Gasteiger partial charge in [-0.2, -0.15) is 0 Å². The van der Waals surface area contributed by atoms with Crippen LogP contribution in [0.3, 0.4) is 0 Å². The Labute approximate surface area is 144 Å². The summed E-state index contributed by atoms with van der Waals surface area (Å²) in [5.41, 5.74) is 5.65. The average Bonchev–Trinajstić information content (AvgIpc) is 2.97. The van der Waals surface area contributed by atoms with Gasteiger partial charge in [0, 0.05) is 26.7 Å². The summed E-state index contributed by atoms with van der Waals surface area (Å²) in [6.45, 7) is 4.21. The first-order valence-electron chi connectivity index (χ1n) is 7.83. The Bertz CT molecular complexity index is 1010. The zero-order valence-corrected chi connectivity index (χ0v) is 14.3. The lowest BCUT2D eigenvalue weighted by molar-refractivity contribution is 0.628. The highest BCUT2D eigenvalue weighted by Gasteiger charge is 2.08. The van der Waals surface area contributed by atoms with Gasteiger partial charge in [0.1, 0.15) is 5.82 Å². The Morgan fingerprint density at radius 1 is 0.833 bits per heavy atom. The molecule has 0 amide bonds. The maximum absolute atomic E-state index is 13.1. The van der Waals surface area contributed by atoms with Crippen LogP contribution in [0.5, 0.6) is 0 Å². The fourth-order valence-corrected chi connectivity index (χ4v) is 4.05. The van der Waals surface area contributed by atoms with E-state index in [1.807, 2.05) is 18.3 Å². The summed E-state index contributed by atoms with van der Waals surface area (Å²) < 4.78 is 14.3. The van der Waals surface area contributed by atoms with Crippen molar-refractivity contribution in [2.75, 3.05) is 0 Å². The van der Waals surface area contributed by atoms with E-state index in [-0.39, 0.29) is 5.82 Å². The van der Waals surface area contributed by atoms with Crippen molar-refractivity contribution >= 4 is 21.4 Å². The molecule has 3 heteroatoms. The van der Waals surface area contributed by atoms with Crippen LogP contribution in [0.15, 0.2) is 60.8 Å². The number of aryl methyl sites for hydroxylation is 2. The maximum atomic E-state index is 13.1. The highest BCUT2D eigenvalue weighted by molar-refractivity contribution is 7.22. The Hall–Kier alpha value is -2.52. The molecule has 0 saturated carbocycles. The highest BCUT2D eigenvalue weighted by atomic mass is 32.1. The molecule has 2 heterocycles. The number of aromatic nitrogens is 1. The third-order valence-corrected chi connectivity index (χ3v) is 5.19. The van der Waals surface area contributed by atoms with Crippen LogP contribution >= 0.6 is 11.3 Å². The van der Waals surface area contributed by atoms with Crippen molar-refractivity contribution in [3.63, 3.8) is 0 Å². The molecule has 4 aromatic rings. The number of fused-ring (bicyclic) bond motifs is 1. The third-order valence-electron chi connectivity index (χ3n) is 4.05. The molecule has 0 bridgehead atoms. The number of hydrogen-bond acceptors (Lipinski definition) is 2. The van der Waals surface area contributed by atoms with Crippen molar-refractivity contribution in [2.24, 2.45) is 0 Å². The fraction of sp³-hybridized carbons (Fsp3) is 0.0952. The van der Waals surface area contributed by atoms with E-state index in [0.717, 1.165) is 27.1 Å². The molecule has 0 aliphatic rings. The maximum Gasteiger partial charge on any atom is 0.123 e. The lowest BCUT2D eigenvalue weighted by atomic mass is 10.0. The molecule has 0 atom stereocenters. The smallest absolute Gasteiger partial charge is 0.123 e. The molecule has 1 nitrogen and oxygen atoms in total. The summed E-state index contributed by atoms with van der Waals surface area (Å²) in [5, 5.41) is 1.12. The van der Waals surface area contributed by atoms with Crippen LogP contribution in [0, 0.1) is 19.7 Å². The summed E-state index contributed by atoms with van der Waals surface area (Å²) in [7, 11) is 0. The quantitative estimate of drug-likeness (QED) is 0.414. The van der Waals surface area contributed by atoms with Gasteiger partial charge in [-0.05, 0) is 55.8 Å². The molecule has 2 aromatic carbocycles. The number of rotatable bonds is 2. The van der Waals surface area contributed by atoms with Crippen LogP contribution in [-0.4, -0.2) is 4.98 Å². The van der Waals surface area contributed by atoms with Gasteiger partial charge < -0.3 is 0 Å². The Balaban J connectivity index is 1.79. The summed E-state index contributed by atoms with van der Waals surface area (Å²) in [5.74, 6) is -0.210. The molecule has 0 fully saturated rings. The normalized spacial score (nSPS) is 11.1. The minimum absolute atomic E-state index is 0.210. The summed E-state index contributed by atoms with van der Waals surface area (Å²) in [6.07, 6.45) is 1.92. The number of hydrogen-bond donors (Lipinski definition) is 0. The second kappa shape index (κ2) is 5.84. The molecule has 0 N–H and O–H groups in total. The van der Waals surface area contributed by atoms with E-state index in [4.69, 9.17) is 0 Å².